The third-order valence-corrected chi connectivity index (χ3v) is 3.60. The quantitative estimate of drug-likeness (QED) is 0.785. The normalized spacial score (nSPS) is 10.6. The summed E-state index contributed by atoms with van der Waals surface area (Å²) >= 11 is 0. The van der Waals surface area contributed by atoms with Crippen LogP contribution in [0.25, 0.3) is 0 Å². The van der Waals surface area contributed by atoms with Crippen LogP contribution < -0.4 is 5.32 Å². The summed E-state index contributed by atoms with van der Waals surface area (Å²) < 4.78 is 15.3. The molecule has 0 aliphatic rings. The zero-order valence-electron chi connectivity index (χ0n) is 13.2. The van der Waals surface area contributed by atoms with Crippen molar-refractivity contribution in [1.29, 1.82) is 0 Å². The van der Waals surface area contributed by atoms with E-state index in [-0.39, 0.29) is 24.7 Å². The van der Waals surface area contributed by atoms with Crippen LogP contribution in [0.4, 0.5) is 10.2 Å². The van der Waals surface area contributed by atoms with Crippen LogP contribution in [0.3, 0.4) is 0 Å². The van der Waals surface area contributed by atoms with E-state index in [1.807, 2.05) is 19.1 Å². The van der Waals surface area contributed by atoms with E-state index in [0.29, 0.717) is 11.4 Å². The molecule has 1 amide bonds. The van der Waals surface area contributed by atoms with Gasteiger partial charge in [-0.05, 0) is 24.6 Å². The lowest BCUT2D eigenvalue weighted by atomic mass is 10.2. The number of carbonyl (C=O) groups is 1. The Kier molecular flexibility index (Phi) is 4.65. The van der Waals surface area contributed by atoms with Gasteiger partial charge in [0.25, 0.3) is 0 Å². The molecule has 0 aliphatic carbocycles. The van der Waals surface area contributed by atoms with Gasteiger partial charge in [-0.15, -0.1) is 0 Å². The lowest BCUT2D eigenvalue weighted by molar-refractivity contribution is -0.115. The number of rotatable bonds is 5. The lowest BCUT2D eigenvalue weighted by Gasteiger charge is -2.10. The summed E-state index contributed by atoms with van der Waals surface area (Å²) in [5, 5.41) is 6.95. The fraction of sp³-hybridized carbons (Fsp3) is 0.167. The molecule has 5 nitrogen and oxygen atoms in total. The molecular formula is C18H17FN4O. The van der Waals surface area contributed by atoms with Crippen molar-refractivity contribution in [3.63, 3.8) is 0 Å². The lowest BCUT2D eigenvalue weighted by Crippen LogP contribution is -2.18. The fourth-order valence-electron chi connectivity index (χ4n) is 2.33. The summed E-state index contributed by atoms with van der Waals surface area (Å²) in [4.78, 5) is 16.4. The van der Waals surface area contributed by atoms with Crippen molar-refractivity contribution >= 4 is 11.7 Å². The number of nitrogens with one attached hydrogen (secondary N) is 1. The van der Waals surface area contributed by atoms with Gasteiger partial charge in [0.1, 0.15) is 11.6 Å². The molecular weight excluding hydrogens is 307 g/mol. The molecule has 122 valence electrons. The molecule has 3 rings (SSSR count). The van der Waals surface area contributed by atoms with Gasteiger partial charge in [-0.3, -0.25) is 9.78 Å². The van der Waals surface area contributed by atoms with Gasteiger partial charge in [0, 0.05) is 23.5 Å². The van der Waals surface area contributed by atoms with Gasteiger partial charge in [-0.1, -0.05) is 24.3 Å². The summed E-state index contributed by atoms with van der Waals surface area (Å²) in [7, 11) is 0. The van der Waals surface area contributed by atoms with Gasteiger partial charge < -0.3 is 5.32 Å². The third-order valence-electron chi connectivity index (χ3n) is 3.60. The number of hydrogen-bond donors (Lipinski definition) is 1. The van der Waals surface area contributed by atoms with Crippen molar-refractivity contribution < 1.29 is 9.18 Å². The predicted molar refractivity (Wildman–Crippen MR) is 89.0 cm³/mol. The van der Waals surface area contributed by atoms with E-state index in [1.54, 1.807) is 41.3 Å². The second kappa shape index (κ2) is 7.04. The molecule has 2 aromatic heterocycles. The standard InChI is InChI=1S/C18H17FN4O/c1-13-6-7-14(11-20-13)10-18(24)22-17-8-9-21-23(17)12-15-4-2-3-5-16(15)19/h2-9,11H,10,12H2,1H3,(H,22,24). The van der Waals surface area contributed by atoms with Gasteiger partial charge >= 0.3 is 0 Å². The number of amides is 1. The Morgan fingerprint density at radius 3 is 2.79 bits per heavy atom. The predicted octanol–water partition coefficient (Wildman–Crippen LogP) is 2.96. The third kappa shape index (κ3) is 3.84. The van der Waals surface area contributed by atoms with E-state index in [0.717, 1.165) is 11.3 Å². The van der Waals surface area contributed by atoms with Crippen molar-refractivity contribution in [3.05, 3.63) is 77.5 Å². The van der Waals surface area contributed by atoms with Crippen LogP contribution in [0.15, 0.2) is 54.9 Å². The van der Waals surface area contributed by atoms with Gasteiger partial charge in [-0.2, -0.15) is 5.10 Å². The Morgan fingerprint density at radius 1 is 1.21 bits per heavy atom. The van der Waals surface area contributed by atoms with Crippen LogP contribution in [-0.4, -0.2) is 20.7 Å². The highest BCUT2D eigenvalue weighted by atomic mass is 19.1. The number of aryl methyl sites for hydroxylation is 1. The summed E-state index contributed by atoms with van der Waals surface area (Å²) in [5.74, 6) is 0.0651. The highest BCUT2D eigenvalue weighted by Crippen LogP contribution is 2.13. The first kappa shape index (κ1) is 15.9. The minimum Gasteiger partial charge on any atom is -0.311 e. The average molecular weight is 324 g/mol. The number of nitrogens with zero attached hydrogens (tertiary/aromatic N) is 3. The number of hydrogen-bond acceptors (Lipinski definition) is 3. The van der Waals surface area contributed by atoms with E-state index < -0.39 is 0 Å². The molecule has 0 bridgehead atoms. The monoisotopic (exact) mass is 324 g/mol. The van der Waals surface area contributed by atoms with E-state index in [2.05, 4.69) is 15.4 Å². The van der Waals surface area contributed by atoms with Gasteiger partial charge in [0.2, 0.25) is 5.91 Å². The number of pyridine rings is 1. The minimum absolute atomic E-state index is 0.170. The van der Waals surface area contributed by atoms with Crippen LogP contribution in [0.5, 0.6) is 0 Å². The first-order valence-electron chi connectivity index (χ1n) is 7.58. The molecule has 0 atom stereocenters. The van der Waals surface area contributed by atoms with Crippen molar-refractivity contribution in [2.24, 2.45) is 0 Å². The van der Waals surface area contributed by atoms with Crippen molar-refractivity contribution in [3.8, 4) is 0 Å². The molecule has 2 heterocycles. The van der Waals surface area contributed by atoms with Gasteiger partial charge in [-0.25, -0.2) is 9.07 Å². The molecule has 1 aromatic carbocycles. The number of halogens is 1. The molecule has 0 aliphatic heterocycles. The SMILES string of the molecule is Cc1ccc(CC(=O)Nc2ccnn2Cc2ccccc2F)cn1. The molecule has 0 fully saturated rings. The molecule has 1 N–H and O–H groups in total. The number of carbonyl (C=O) groups excluding carboxylic acids is 1. The molecule has 0 saturated heterocycles. The summed E-state index contributed by atoms with van der Waals surface area (Å²) in [6.45, 7) is 2.15. The summed E-state index contributed by atoms with van der Waals surface area (Å²) in [6.07, 6.45) is 3.48. The van der Waals surface area contributed by atoms with Crippen molar-refractivity contribution in [2.45, 2.75) is 19.9 Å². The van der Waals surface area contributed by atoms with Crippen LogP contribution in [0, 0.1) is 12.7 Å². The largest absolute Gasteiger partial charge is 0.311 e. The first-order valence-corrected chi connectivity index (χ1v) is 7.58. The first-order chi connectivity index (χ1) is 11.6. The molecule has 0 saturated carbocycles. The van der Waals surface area contributed by atoms with E-state index in [4.69, 9.17) is 0 Å². The second-order valence-corrected chi connectivity index (χ2v) is 5.50. The molecule has 0 radical (unpaired) electrons. The molecule has 24 heavy (non-hydrogen) atoms. The Labute approximate surface area is 139 Å². The van der Waals surface area contributed by atoms with Crippen LogP contribution in [-0.2, 0) is 17.8 Å². The van der Waals surface area contributed by atoms with Gasteiger partial charge in [0.05, 0.1) is 19.2 Å². The van der Waals surface area contributed by atoms with E-state index in [1.165, 1.54) is 6.07 Å². The smallest absolute Gasteiger partial charge is 0.229 e. The van der Waals surface area contributed by atoms with Crippen LogP contribution >= 0.6 is 0 Å². The Morgan fingerprint density at radius 2 is 2.04 bits per heavy atom. The van der Waals surface area contributed by atoms with E-state index >= 15 is 0 Å². The molecule has 6 heteroatoms. The number of benzene rings is 1. The Hall–Kier alpha value is -3.02. The molecule has 0 spiro atoms. The molecule has 0 unspecified atom stereocenters. The zero-order chi connectivity index (χ0) is 16.9. The van der Waals surface area contributed by atoms with Crippen LogP contribution in [0.1, 0.15) is 16.8 Å². The second-order valence-electron chi connectivity index (χ2n) is 5.50. The maximum atomic E-state index is 13.8. The maximum Gasteiger partial charge on any atom is 0.229 e. The van der Waals surface area contributed by atoms with Gasteiger partial charge in [0.15, 0.2) is 0 Å². The maximum absolute atomic E-state index is 13.8. The Bertz CT molecular complexity index is 842. The highest BCUT2D eigenvalue weighted by molar-refractivity contribution is 5.91. The Balaban J connectivity index is 1.68. The van der Waals surface area contributed by atoms with Crippen LogP contribution in [0.2, 0.25) is 0 Å². The average Bonchev–Trinajstić information content (AvgIpc) is 2.99. The zero-order valence-corrected chi connectivity index (χ0v) is 13.2. The summed E-state index contributed by atoms with van der Waals surface area (Å²) in [6, 6.07) is 11.9. The highest BCUT2D eigenvalue weighted by Gasteiger charge is 2.10. The van der Waals surface area contributed by atoms with Crippen molar-refractivity contribution in [2.75, 3.05) is 5.32 Å². The number of aromatic nitrogens is 3. The molecule has 3 aromatic rings. The fourth-order valence-corrected chi connectivity index (χ4v) is 2.33. The topological polar surface area (TPSA) is 59.8 Å². The van der Waals surface area contributed by atoms with Crippen molar-refractivity contribution in [1.82, 2.24) is 14.8 Å². The summed E-state index contributed by atoms with van der Waals surface area (Å²) in [5.41, 5.74) is 2.25. The number of anilines is 1. The minimum atomic E-state index is -0.295. The van der Waals surface area contributed by atoms with E-state index in [9.17, 15) is 9.18 Å².